The molecule has 76 valence electrons. The lowest BCUT2D eigenvalue weighted by Crippen LogP contribution is -2.16. The first-order chi connectivity index (χ1) is 6.85. The summed E-state index contributed by atoms with van der Waals surface area (Å²) < 4.78 is 5.21. The van der Waals surface area contributed by atoms with Crippen molar-refractivity contribution in [1.82, 2.24) is 0 Å². The zero-order chi connectivity index (χ0) is 9.97. The van der Waals surface area contributed by atoms with Gasteiger partial charge in [-0.2, -0.15) is 0 Å². The average molecular weight is 191 g/mol. The predicted octanol–water partition coefficient (Wildman–Crippen LogP) is 3.00. The molecule has 1 aliphatic rings. The zero-order valence-electron chi connectivity index (χ0n) is 8.84. The maximum atomic E-state index is 5.21. The number of fused-ring (bicyclic) bond motifs is 1. The third kappa shape index (κ3) is 1.57. The second-order valence-corrected chi connectivity index (χ2v) is 3.77. The lowest BCUT2D eigenvalue weighted by Gasteiger charge is -2.26. The van der Waals surface area contributed by atoms with Gasteiger partial charge in [0.25, 0.3) is 0 Å². The molecule has 0 fully saturated rings. The van der Waals surface area contributed by atoms with Gasteiger partial charge in [-0.25, -0.2) is 0 Å². The Morgan fingerprint density at radius 3 is 3.07 bits per heavy atom. The van der Waals surface area contributed by atoms with Gasteiger partial charge in [0.2, 0.25) is 0 Å². The van der Waals surface area contributed by atoms with Gasteiger partial charge in [0.15, 0.2) is 0 Å². The number of methoxy groups -OCH3 is 1. The van der Waals surface area contributed by atoms with Gasteiger partial charge in [0.05, 0.1) is 7.11 Å². The topological polar surface area (TPSA) is 21.3 Å². The Morgan fingerprint density at radius 2 is 2.36 bits per heavy atom. The highest BCUT2D eigenvalue weighted by Gasteiger charge is 2.18. The highest BCUT2D eigenvalue weighted by atomic mass is 16.5. The fourth-order valence-electron chi connectivity index (χ4n) is 2.13. The van der Waals surface area contributed by atoms with Crippen molar-refractivity contribution in [2.45, 2.75) is 25.7 Å². The SMILES string of the molecule is CCC1CCNc2cc(OC)ccc21. The van der Waals surface area contributed by atoms with Crippen molar-refractivity contribution in [2.24, 2.45) is 0 Å². The molecule has 0 amide bonds. The molecule has 2 rings (SSSR count). The fraction of sp³-hybridized carbons (Fsp3) is 0.500. The number of ether oxygens (including phenoxy) is 1. The molecule has 1 atom stereocenters. The smallest absolute Gasteiger partial charge is 0.120 e. The third-order valence-corrected chi connectivity index (χ3v) is 3.00. The average Bonchev–Trinajstić information content (AvgIpc) is 2.27. The van der Waals surface area contributed by atoms with Gasteiger partial charge in [0, 0.05) is 18.3 Å². The van der Waals surface area contributed by atoms with Gasteiger partial charge in [-0.05, 0) is 30.4 Å². The van der Waals surface area contributed by atoms with Crippen molar-refractivity contribution in [3.63, 3.8) is 0 Å². The molecular formula is C12H17NO. The summed E-state index contributed by atoms with van der Waals surface area (Å²) in [4.78, 5) is 0. The van der Waals surface area contributed by atoms with Crippen LogP contribution in [0.2, 0.25) is 0 Å². The minimum absolute atomic E-state index is 0.720. The van der Waals surface area contributed by atoms with Crippen LogP contribution < -0.4 is 10.1 Å². The van der Waals surface area contributed by atoms with Gasteiger partial charge in [-0.3, -0.25) is 0 Å². The minimum Gasteiger partial charge on any atom is -0.497 e. The maximum Gasteiger partial charge on any atom is 0.120 e. The molecule has 14 heavy (non-hydrogen) atoms. The number of hydrogen-bond donors (Lipinski definition) is 1. The molecule has 1 aromatic carbocycles. The highest BCUT2D eigenvalue weighted by Crippen LogP contribution is 2.35. The Balaban J connectivity index is 2.35. The van der Waals surface area contributed by atoms with Crippen LogP contribution in [0.4, 0.5) is 5.69 Å². The molecule has 0 saturated heterocycles. The van der Waals surface area contributed by atoms with Crippen molar-refractivity contribution in [3.05, 3.63) is 23.8 Å². The molecule has 0 aliphatic carbocycles. The Hall–Kier alpha value is -1.18. The van der Waals surface area contributed by atoms with Crippen molar-refractivity contribution in [2.75, 3.05) is 19.0 Å². The van der Waals surface area contributed by atoms with E-state index in [9.17, 15) is 0 Å². The van der Waals surface area contributed by atoms with Crippen molar-refractivity contribution in [1.29, 1.82) is 0 Å². The zero-order valence-corrected chi connectivity index (χ0v) is 8.84. The Labute approximate surface area is 85.3 Å². The molecule has 1 unspecified atom stereocenters. The van der Waals surface area contributed by atoms with Crippen molar-refractivity contribution >= 4 is 5.69 Å². The quantitative estimate of drug-likeness (QED) is 0.776. The number of rotatable bonds is 2. The van der Waals surface area contributed by atoms with E-state index in [0.717, 1.165) is 18.2 Å². The molecule has 0 saturated carbocycles. The first kappa shape index (κ1) is 9.38. The summed E-state index contributed by atoms with van der Waals surface area (Å²) >= 11 is 0. The fourth-order valence-corrected chi connectivity index (χ4v) is 2.13. The summed E-state index contributed by atoms with van der Waals surface area (Å²) in [5, 5.41) is 3.42. The Bertz CT molecular complexity index is 322. The van der Waals surface area contributed by atoms with Crippen LogP contribution in [0.3, 0.4) is 0 Å². The van der Waals surface area contributed by atoms with Crippen LogP contribution in [0.25, 0.3) is 0 Å². The summed E-state index contributed by atoms with van der Waals surface area (Å²) in [7, 11) is 1.71. The maximum absolute atomic E-state index is 5.21. The van der Waals surface area contributed by atoms with Gasteiger partial charge < -0.3 is 10.1 Å². The van der Waals surface area contributed by atoms with Crippen molar-refractivity contribution in [3.8, 4) is 5.75 Å². The van der Waals surface area contributed by atoms with E-state index in [4.69, 9.17) is 4.74 Å². The lowest BCUT2D eigenvalue weighted by atomic mass is 9.89. The molecule has 0 aromatic heterocycles. The van der Waals surface area contributed by atoms with E-state index < -0.39 is 0 Å². The summed E-state index contributed by atoms with van der Waals surface area (Å²) in [6.07, 6.45) is 2.47. The van der Waals surface area contributed by atoms with E-state index in [-0.39, 0.29) is 0 Å². The summed E-state index contributed by atoms with van der Waals surface area (Å²) in [6, 6.07) is 6.33. The largest absolute Gasteiger partial charge is 0.497 e. The molecule has 1 N–H and O–H groups in total. The van der Waals surface area contributed by atoms with E-state index in [1.807, 2.05) is 0 Å². The van der Waals surface area contributed by atoms with E-state index in [0.29, 0.717) is 0 Å². The molecule has 0 spiro atoms. The van der Waals surface area contributed by atoms with Crippen LogP contribution >= 0.6 is 0 Å². The summed E-state index contributed by atoms with van der Waals surface area (Å²) in [6.45, 7) is 3.34. The van der Waals surface area contributed by atoms with Gasteiger partial charge in [-0.1, -0.05) is 13.0 Å². The molecule has 2 heteroatoms. The second kappa shape index (κ2) is 3.91. The van der Waals surface area contributed by atoms with Crippen LogP contribution in [0.1, 0.15) is 31.2 Å². The van der Waals surface area contributed by atoms with Crippen molar-refractivity contribution < 1.29 is 4.74 Å². The normalized spacial score (nSPS) is 19.7. The highest BCUT2D eigenvalue weighted by molar-refractivity contribution is 5.58. The summed E-state index contributed by atoms with van der Waals surface area (Å²) in [5.74, 6) is 1.66. The van der Waals surface area contributed by atoms with Gasteiger partial charge in [-0.15, -0.1) is 0 Å². The third-order valence-electron chi connectivity index (χ3n) is 3.00. The van der Waals surface area contributed by atoms with Crippen LogP contribution in [-0.4, -0.2) is 13.7 Å². The number of nitrogens with one attached hydrogen (secondary N) is 1. The van der Waals surface area contributed by atoms with Crippen LogP contribution in [0, 0.1) is 0 Å². The summed E-state index contributed by atoms with van der Waals surface area (Å²) in [5.41, 5.74) is 2.70. The van der Waals surface area contributed by atoms with E-state index in [1.54, 1.807) is 7.11 Å². The number of benzene rings is 1. The van der Waals surface area contributed by atoms with Gasteiger partial charge in [0.1, 0.15) is 5.75 Å². The molecule has 1 aliphatic heterocycles. The first-order valence-electron chi connectivity index (χ1n) is 5.27. The number of anilines is 1. The van der Waals surface area contributed by atoms with Crippen LogP contribution in [0.5, 0.6) is 5.75 Å². The van der Waals surface area contributed by atoms with Gasteiger partial charge >= 0.3 is 0 Å². The van der Waals surface area contributed by atoms with E-state index in [2.05, 4.69) is 30.4 Å². The molecule has 1 aromatic rings. The monoisotopic (exact) mass is 191 g/mol. The predicted molar refractivity (Wildman–Crippen MR) is 59.1 cm³/mol. The number of hydrogen-bond acceptors (Lipinski definition) is 2. The molecule has 0 radical (unpaired) electrons. The van der Waals surface area contributed by atoms with Crippen LogP contribution in [0.15, 0.2) is 18.2 Å². The second-order valence-electron chi connectivity index (χ2n) is 3.77. The van der Waals surface area contributed by atoms with E-state index in [1.165, 1.54) is 24.1 Å². The molecule has 2 nitrogen and oxygen atoms in total. The standard InChI is InChI=1S/C12H17NO/c1-3-9-6-7-13-12-8-10(14-2)4-5-11(9)12/h4-5,8-9,13H,3,6-7H2,1-2H3. The first-order valence-corrected chi connectivity index (χ1v) is 5.27. The molecular weight excluding hydrogens is 174 g/mol. The minimum atomic E-state index is 0.720. The molecule has 1 heterocycles. The Kier molecular flexibility index (Phi) is 2.62. The van der Waals surface area contributed by atoms with E-state index >= 15 is 0 Å². The lowest BCUT2D eigenvalue weighted by molar-refractivity contribution is 0.414. The molecule has 0 bridgehead atoms. The van der Waals surface area contributed by atoms with Crippen LogP contribution in [-0.2, 0) is 0 Å². The Morgan fingerprint density at radius 1 is 1.50 bits per heavy atom.